The highest BCUT2D eigenvalue weighted by Gasteiger charge is 2.25. The highest BCUT2D eigenvalue weighted by Crippen LogP contribution is 2.48. The van der Waals surface area contributed by atoms with Gasteiger partial charge in [-0.1, -0.05) is 133 Å². The summed E-state index contributed by atoms with van der Waals surface area (Å²) in [4.78, 5) is 0. The van der Waals surface area contributed by atoms with E-state index in [4.69, 9.17) is 0 Å². The van der Waals surface area contributed by atoms with Crippen molar-refractivity contribution in [3.05, 3.63) is 179 Å². The van der Waals surface area contributed by atoms with E-state index in [1.807, 2.05) is 25.1 Å². The standard InChI is InChI=1S/C36H32.C16H17N/c1-23-17-19-27(20-18-23)29-14-8-15-30-33-22-28(25-10-4-3-5-11-25)21-32(26-12-7-13-26)36(33)34-24(2)9-6-16-31(34)35(29)30;1-3-7-14-12-16(11-10-13(14)2)17-15-8-5-4-6-9-15/h4,6,8-11,14-22,26H,3,5,7,12-13H2,1-2H3;3-12,17H,1-2H3/b;7-3-. The number of allylic oxidation sites excluding steroid dienone is 5. The summed E-state index contributed by atoms with van der Waals surface area (Å²) < 4.78 is 0. The Morgan fingerprint density at radius 2 is 1.40 bits per heavy atom. The molecule has 1 heteroatoms. The maximum atomic E-state index is 3.40. The molecule has 1 saturated carbocycles. The minimum atomic E-state index is 0.668. The molecule has 0 bridgehead atoms. The normalized spacial score (nSPS) is 14.3. The van der Waals surface area contributed by atoms with E-state index in [9.17, 15) is 0 Å². The lowest BCUT2D eigenvalue weighted by atomic mass is 9.75. The maximum Gasteiger partial charge on any atom is 0.0390 e. The zero-order valence-corrected chi connectivity index (χ0v) is 31.5. The van der Waals surface area contributed by atoms with Crippen molar-refractivity contribution >= 4 is 55.3 Å². The van der Waals surface area contributed by atoms with E-state index in [1.54, 1.807) is 5.56 Å². The van der Waals surface area contributed by atoms with Crippen molar-refractivity contribution < 1.29 is 0 Å². The second-order valence-electron chi connectivity index (χ2n) is 14.9. The Bertz CT molecular complexity index is 2520. The molecule has 1 fully saturated rings. The second kappa shape index (κ2) is 15.1. The number of nitrogens with one attached hydrogen (secondary N) is 1. The molecule has 0 atom stereocenters. The van der Waals surface area contributed by atoms with Crippen LogP contribution < -0.4 is 5.32 Å². The number of para-hydroxylation sites is 1. The first-order valence-corrected chi connectivity index (χ1v) is 19.4. The Kier molecular flexibility index (Phi) is 9.83. The molecule has 0 radical (unpaired) electrons. The van der Waals surface area contributed by atoms with Crippen molar-refractivity contribution in [1.29, 1.82) is 0 Å². The molecule has 0 aliphatic heterocycles. The molecular weight excluding hydrogens is 639 g/mol. The molecule has 0 spiro atoms. The lowest BCUT2D eigenvalue weighted by Gasteiger charge is -2.29. The molecular formula is C52H49N. The van der Waals surface area contributed by atoms with E-state index in [0.717, 1.165) is 24.2 Å². The van der Waals surface area contributed by atoms with Crippen LogP contribution in [0.15, 0.2) is 146 Å². The van der Waals surface area contributed by atoms with Crippen LogP contribution in [0.1, 0.15) is 78.3 Å². The number of rotatable bonds is 6. The molecule has 1 nitrogen and oxygen atoms in total. The van der Waals surface area contributed by atoms with Gasteiger partial charge >= 0.3 is 0 Å². The fourth-order valence-electron chi connectivity index (χ4n) is 8.21. The van der Waals surface area contributed by atoms with Crippen molar-refractivity contribution in [3.8, 4) is 11.1 Å². The third-order valence-electron chi connectivity index (χ3n) is 11.2. The van der Waals surface area contributed by atoms with Gasteiger partial charge in [0.1, 0.15) is 0 Å². The molecule has 9 rings (SSSR count). The smallest absolute Gasteiger partial charge is 0.0390 e. The molecule has 0 aromatic heterocycles. The van der Waals surface area contributed by atoms with E-state index < -0.39 is 0 Å². The highest BCUT2D eigenvalue weighted by molar-refractivity contribution is 6.30. The van der Waals surface area contributed by atoms with Gasteiger partial charge in [0.25, 0.3) is 0 Å². The van der Waals surface area contributed by atoms with Gasteiger partial charge < -0.3 is 5.32 Å². The number of hydrogen-bond acceptors (Lipinski definition) is 1. The van der Waals surface area contributed by atoms with Crippen LogP contribution in [-0.4, -0.2) is 0 Å². The quantitative estimate of drug-likeness (QED) is 0.172. The van der Waals surface area contributed by atoms with Gasteiger partial charge in [-0.05, 0) is 166 Å². The largest absolute Gasteiger partial charge is 0.356 e. The molecule has 0 saturated heterocycles. The predicted molar refractivity (Wildman–Crippen MR) is 232 cm³/mol. The van der Waals surface area contributed by atoms with Gasteiger partial charge in [-0.25, -0.2) is 0 Å². The summed E-state index contributed by atoms with van der Waals surface area (Å²) in [6.45, 7) is 8.63. The molecule has 262 valence electrons. The van der Waals surface area contributed by atoms with Crippen molar-refractivity contribution in [1.82, 2.24) is 0 Å². The zero-order valence-electron chi connectivity index (χ0n) is 31.5. The minimum absolute atomic E-state index is 0.668. The first-order valence-electron chi connectivity index (χ1n) is 19.4. The van der Waals surface area contributed by atoms with Gasteiger partial charge in [0, 0.05) is 11.4 Å². The van der Waals surface area contributed by atoms with Gasteiger partial charge in [0.05, 0.1) is 0 Å². The first-order chi connectivity index (χ1) is 26.0. The fourth-order valence-corrected chi connectivity index (χ4v) is 8.21. The van der Waals surface area contributed by atoms with Gasteiger partial charge in [0.15, 0.2) is 0 Å². The summed E-state index contributed by atoms with van der Waals surface area (Å²) >= 11 is 0. The topological polar surface area (TPSA) is 12.0 Å². The van der Waals surface area contributed by atoms with Crippen LogP contribution in [0, 0.1) is 20.8 Å². The zero-order chi connectivity index (χ0) is 36.3. The Hall–Kier alpha value is -5.66. The highest BCUT2D eigenvalue weighted by atomic mass is 14.9. The van der Waals surface area contributed by atoms with Crippen molar-refractivity contribution in [3.63, 3.8) is 0 Å². The summed E-state index contributed by atoms with van der Waals surface area (Å²) in [5, 5.41) is 11.9. The van der Waals surface area contributed by atoms with Crippen LogP contribution in [0.2, 0.25) is 0 Å². The molecule has 0 unspecified atom stereocenters. The molecule has 53 heavy (non-hydrogen) atoms. The average molecular weight is 688 g/mol. The lowest BCUT2D eigenvalue weighted by Crippen LogP contribution is -2.10. The molecule has 2 aliphatic rings. The Morgan fingerprint density at radius 3 is 2.13 bits per heavy atom. The lowest BCUT2D eigenvalue weighted by molar-refractivity contribution is 0.422. The summed E-state index contributed by atoms with van der Waals surface area (Å²) in [7, 11) is 0. The van der Waals surface area contributed by atoms with Crippen LogP contribution in [0.5, 0.6) is 0 Å². The van der Waals surface area contributed by atoms with E-state index in [2.05, 4.69) is 160 Å². The van der Waals surface area contributed by atoms with Gasteiger partial charge in [-0.15, -0.1) is 0 Å². The van der Waals surface area contributed by atoms with Crippen LogP contribution >= 0.6 is 0 Å². The van der Waals surface area contributed by atoms with E-state index in [0.29, 0.717) is 5.92 Å². The van der Waals surface area contributed by atoms with Crippen LogP contribution in [0.4, 0.5) is 11.4 Å². The molecule has 7 aromatic carbocycles. The van der Waals surface area contributed by atoms with E-state index >= 15 is 0 Å². The first kappa shape index (κ1) is 34.4. The summed E-state index contributed by atoms with van der Waals surface area (Å²) in [5.74, 6) is 0.668. The van der Waals surface area contributed by atoms with E-state index in [-0.39, 0.29) is 0 Å². The summed E-state index contributed by atoms with van der Waals surface area (Å²) in [6, 6.07) is 44.5. The minimum Gasteiger partial charge on any atom is -0.356 e. The van der Waals surface area contributed by atoms with Crippen LogP contribution in [-0.2, 0) is 0 Å². The maximum absolute atomic E-state index is 3.40. The third-order valence-corrected chi connectivity index (χ3v) is 11.2. The predicted octanol–water partition coefficient (Wildman–Crippen LogP) is 15.2. The van der Waals surface area contributed by atoms with Crippen LogP contribution in [0.25, 0.3) is 55.1 Å². The number of aryl methyl sites for hydroxylation is 3. The van der Waals surface area contributed by atoms with E-state index in [1.165, 1.54) is 96.1 Å². The van der Waals surface area contributed by atoms with Gasteiger partial charge in [-0.2, -0.15) is 0 Å². The van der Waals surface area contributed by atoms with Gasteiger partial charge in [0.2, 0.25) is 0 Å². The molecule has 7 aromatic rings. The Morgan fingerprint density at radius 1 is 0.604 bits per heavy atom. The Labute approximate surface area is 315 Å². The SMILES string of the molecule is C/C=C\c1cc(Nc2ccccc2)ccc1C.Cc1ccc(-c2cccc3c4cc(C5=CCCC=C5)cc(C5CCC5)c4c4c(C)cccc4c23)cc1. The number of hydrogen-bond donors (Lipinski definition) is 1. The van der Waals surface area contributed by atoms with Crippen molar-refractivity contribution in [2.24, 2.45) is 0 Å². The molecule has 0 heterocycles. The van der Waals surface area contributed by atoms with Crippen LogP contribution in [0.3, 0.4) is 0 Å². The second-order valence-corrected chi connectivity index (χ2v) is 14.9. The monoisotopic (exact) mass is 687 g/mol. The van der Waals surface area contributed by atoms with Gasteiger partial charge in [-0.3, -0.25) is 0 Å². The summed E-state index contributed by atoms with van der Waals surface area (Å²) in [6.07, 6.45) is 17.5. The molecule has 0 amide bonds. The van der Waals surface area contributed by atoms with Crippen molar-refractivity contribution in [2.45, 2.75) is 65.7 Å². The molecule has 1 N–H and O–H groups in total. The average Bonchev–Trinajstić information content (AvgIpc) is 3.17. The third kappa shape index (κ3) is 6.97. The molecule has 2 aliphatic carbocycles. The van der Waals surface area contributed by atoms with Crippen molar-refractivity contribution in [2.75, 3.05) is 5.32 Å². The number of anilines is 2. The number of fused-ring (bicyclic) bond motifs is 6. The number of benzene rings is 7. The Balaban J connectivity index is 0.000000198. The summed E-state index contributed by atoms with van der Waals surface area (Å²) in [5.41, 5.74) is 14.4. The fraction of sp³-hybridized carbons (Fsp3) is 0.192.